The Balaban J connectivity index is 1.53. The van der Waals surface area contributed by atoms with Crippen molar-refractivity contribution in [2.45, 2.75) is 0 Å². The summed E-state index contributed by atoms with van der Waals surface area (Å²) in [6.45, 7) is 3.26. The summed E-state index contributed by atoms with van der Waals surface area (Å²) in [5.41, 5.74) is 9.49. The maximum Gasteiger partial charge on any atom is 0.252 e. The van der Waals surface area contributed by atoms with E-state index >= 15 is 0 Å². The summed E-state index contributed by atoms with van der Waals surface area (Å²) in [4.78, 5) is 27.7. The van der Waals surface area contributed by atoms with Crippen molar-refractivity contribution in [3.05, 3.63) is 72.6 Å². The van der Waals surface area contributed by atoms with Crippen LogP contribution in [0.4, 0.5) is 17.3 Å². The maximum atomic E-state index is 11.8. The summed E-state index contributed by atoms with van der Waals surface area (Å²) in [6, 6.07) is 17.3. The molecule has 8 heteroatoms. The molecule has 0 radical (unpaired) electrons. The van der Waals surface area contributed by atoms with Crippen LogP contribution in [0.25, 0.3) is 22.2 Å². The molecule has 3 N–H and O–H groups in total. The first kappa shape index (κ1) is 19.9. The number of fused-ring (bicyclic) bond motifs is 1. The molecule has 160 valence electrons. The van der Waals surface area contributed by atoms with Gasteiger partial charge in [0, 0.05) is 42.1 Å². The Kier molecular flexibility index (Phi) is 5.35. The Hall–Kier alpha value is -4.04. The SMILES string of the molecule is NC(=O)c1cccnc1Nc1nc(-c2ccc(N3CCOCC3)cc2)cc2ncccc12. The molecule has 0 aliphatic carbocycles. The van der Waals surface area contributed by atoms with E-state index in [4.69, 9.17) is 15.5 Å². The first-order valence-corrected chi connectivity index (χ1v) is 10.4. The quantitative estimate of drug-likeness (QED) is 0.504. The van der Waals surface area contributed by atoms with Crippen LogP contribution in [0.2, 0.25) is 0 Å². The Morgan fingerprint density at radius 2 is 1.72 bits per heavy atom. The Morgan fingerprint density at radius 1 is 0.969 bits per heavy atom. The number of nitrogens with two attached hydrogens (primary N) is 1. The highest BCUT2D eigenvalue weighted by Crippen LogP contribution is 2.30. The summed E-state index contributed by atoms with van der Waals surface area (Å²) < 4.78 is 5.44. The molecule has 0 bridgehead atoms. The Labute approximate surface area is 185 Å². The highest BCUT2D eigenvalue weighted by molar-refractivity contribution is 6.00. The van der Waals surface area contributed by atoms with E-state index < -0.39 is 5.91 Å². The summed E-state index contributed by atoms with van der Waals surface area (Å²) in [5.74, 6) is 0.361. The molecule has 1 aliphatic rings. The molecule has 1 aliphatic heterocycles. The lowest BCUT2D eigenvalue weighted by Gasteiger charge is -2.28. The van der Waals surface area contributed by atoms with Crippen LogP contribution in [0.1, 0.15) is 10.4 Å². The summed E-state index contributed by atoms with van der Waals surface area (Å²) in [6.07, 6.45) is 3.34. The van der Waals surface area contributed by atoms with Crippen LogP contribution in [-0.2, 0) is 4.74 Å². The number of nitrogens with one attached hydrogen (secondary N) is 1. The van der Waals surface area contributed by atoms with Crippen LogP contribution in [0.5, 0.6) is 0 Å². The van der Waals surface area contributed by atoms with Crippen molar-refractivity contribution in [1.29, 1.82) is 0 Å². The fourth-order valence-electron chi connectivity index (χ4n) is 3.80. The molecule has 1 saturated heterocycles. The van der Waals surface area contributed by atoms with Gasteiger partial charge in [0.15, 0.2) is 0 Å². The molecule has 5 rings (SSSR count). The lowest BCUT2D eigenvalue weighted by molar-refractivity contribution is 0.100. The zero-order valence-electron chi connectivity index (χ0n) is 17.4. The molecule has 0 spiro atoms. The topological polar surface area (TPSA) is 106 Å². The molecule has 0 atom stereocenters. The average Bonchev–Trinajstić information content (AvgIpc) is 2.85. The number of pyridine rings is 3. The van der Waals surface area contributed by atoms with Crippen molar-refractivity contribution in [2.75, 3.05) is 36.5 Å². The summed E-state index contributed by atoms with van der Waals surface area (Å²) in [7, 11) is 0. The minimum Gasteiger partial charge on any atom is -0.378 e. The van der Waals surface area contributed by atoms with Crippen LogP contribution in [0.15, 0.2) is 67.0 Å². The number of aromatic nitrogens is 3. The molecule has 1 aromatic carbocycles. The molecular weight excluding hydrogens is 404 g/mol. The fraction of sp³-hybridized carbons (Fsp3) is 0.167. The molecule has 0 saturated carbocycles. The standard InChI is InChI=1S/C24H22N6O2/c25-22(31)19-4-2-10-27-23(19)29-24-18-3-1-9-26-21(18)15-20(28-24)16-5-7-17(8-6-16)30-11-13-32-14-12-30/h1-10,15H,11-14H2,(H2,25,31)(H,27,28,29). The number of morpholine rings is 1. The van der Waals surface area contributed by atoms with Crippen molar-refractivity contribution >= 4 is 34.1 Å². The van der Waals surface area contributed by atoms with Gasteiger partial charge in [0.1, 0.15) is 11.6 Å². The van der Waals surface area contributed by atoms with E-state index in [1.54, 1.807) is 24.5 Å². The maximum absolute atomic E-state index is 11.8. The normalized spacial score (nSPS) is 13.8. The number of primary amides is 1. The highest BCUT2D eigenvalue weighted by atomic mass is 16.5. The molecule has 0 unspecified atom stereocenters. The van der Waals surface area contributed by atoms with E-state index in [1.807, 2.05) is 18.2 Å². The van der Waals surface area contributed by atoms with Gasteiger partial charge in [-0.2, -0.15) is 0 Å². The van der Waals surface area contributed by atoms with Crippen LogP contribution in [0.3, 0.4) is 0 Å². The van der Waals surface area contributed by atoms with Crippen molar-refractivity contribution in [1.82, 2.24) is 15.0 Å². The van der Waals surface area contributed by atoms with Crippen LogP contribution < -0.4 is 16.0 Å². The smallest absolute Gasteiger partial charge is 0.252 e. The Bertz CT molecular complexity index is 1270. The van der Waals surface area contributed by atoms with Crippen molar-refractivity contribution in [3.63, 3.8) is 0 Å². The number of amides is 1. The third kappa shape index (κ3) is 3.95. The van der Waals surface area contributed by atoms with Crippen LogP contribution in [0, 0.1) is 0 Å². The molecule has 3 aromatic heterocycles. The summed E-state index contributed by atoms with van der Waals surface area (Å²) in [5, 5.41) is 4.01. The minimum atomic E-state index is -0.558. The Morgan fingerprint density at radius 3 is 2.50 bits per heavy atom. The number of ether oxygens (including phenoxy) is 1. The molecule has 1 fully saturated rings. The predicted molar refractivity (Wildman–Crippen MR) is 124 cm³/mol. The number of hydrogen-bond donors (Lipinski definition) is 2. The lowest BCUT2D eigenvalue weighted by atomic mass is 10.1. The lowest BCUT2D eigenvalue weighted by Crippen LogP contribution is -2.36. The number of carbonyl (C=O) groups is 1. The van der Waals surface area contributed by atoms with Gasteiger partial charge < -0.3 is 20.7 Å². The van der Waals surface area contributed by atoms with Gasteiger partial charge >= 0.3 is 0 Å². The number of hydrogen-bond acceptors (Lipinski definition) is 7. The molecule has 1 amide bonds. The zero-order valence-corrected chi connectivity index (χ0v) is 17.4. The zero-order chi connectivity index (χ0) is 21.9. The summed E-state index contributed by atoms with van der Waals surface area (Å²) >= 11 is 0. The van der Waals surface area contributed by atoms with Gasteiger partial charge in [0.05, 0.1) is 30.0 Å². The molecular formula is C24H22N6O2. The van der Waals surface area contributed by atoms with Crippen molar-refractivity contribution in [2.24, 2.45) is 5.73 Å². The third-order valence-corrected chi connectivity index (χ3v) is 5.45. The van der Waals surface area contributed by atoms with Gasteiger partial charge in [0.2, 0.25) is 0 Å². The van der Waals surface area contributed by atoms with Gasteiger partial charge in [-0.05, 0) is 42.5 Å². The molecule has 4 aromatic rings. The van der Waals surface area contributed by atoms with E-state index in [9.17, 15) is 4.79 Å². The highest BCUT2D eigenvalue weighted by Gasteiger charge is 2.15. The minimum absolute atomic E-state index is 0.298. The second kappa shape index (κ2) is 8.60. The number of carbonyl (C=O) groups excluding carboxylic acids is 1. The van der Waals surface area contributed by atoms with Crippen LogP contribution >= 0.6 is 0 Å². The van der Waals surface area contributed by atoms with Gasteiger partial charge in [0.25, 0.3) is 5.91 Å². The third-order valence-electron chi connectivity index (χ3n) is 5.45. The van der Waals surface area contributed by atoms with E-state index in [1.165, 1.54) is 0 Å². The monoisotopic (exact) mass is 426 g/mol. The number of rotatable bonds is 5. The first-order chi connectivity index (χ1) is 15.7. The fourth-order valence-corrected chi connectivity index (χ4v) is 3.80. The second-order valence-corrected chi connectivity index (χ2v) is 7.46. The van der Waals surface area contributed by atoms with Gasteiger partial charge in [-0.1, -0.05) is 12.1 Å². The van der Waals surface area contributed by atoms with E-state index in [0.717, 1.165) is 54.2 Å². The van der Waals surface area contributed by atoms with Crippen molar-refractivity contribution in [3.8, 4) is 11.3 Å². The van der Waals surface area contributed by atoms with Crippen LogP contribution in [-0.4, -0.2) is 47.2 Å². The van der Waals surface area contributed by atoms with E-state index in [-0.39, 0.29) is 0 Å². The van der Waals surface area contributed by atoms with Gasteiger partial charge in [-0.3, -0.25) is 9.78 Å². The average molecular weight is 426 g/mol. The largest absolute Gasteiger partial charge is 0.378 e. The second-order valence-electron chi connectivity index (χ2n) is 7.46. The van der Waals surface area contributed by atoms with Gasteiger partial charge in [-0.15, -0.1) is 0 Å². The van der Waals surface area contributed by atoms with Gasteiger partial charge in [-0.25, -0.2) is 9.97 Å². The van der Waals surface area contributed by atoms with Crippen molar-refractivity contribution < 1.29 is 9.53 Å². The number of benzene rings is 1. The number of anilines is 3. The molecule has 8 nitrogen and oxygen atoms in total. The molecule has 32 heavy (non-hydrogen) atoms. The number of nitrogens with zero attached hydrogens (tertiary/aromatic N) is 4. The predicted octanol–water partition coefficient (Wildman–Crippen LogP) is 3.37. The van der Waals surface area contributed by atoms with E-state index in [0.29, 0.717) is 17.2 Å². The molecule has 4 heterocycles. The first-order valence-electron chi connectivity index (χ1n) is 10.4. The van der Waals surface area contributed by atoms with E-state index in [2.05, 4.69) is 44.5 Å².